The first-order chi connectivity index (χ1) is 32.9. The van der Waals surface area contributed by atoms with Crippen LogP contribution in [-0.4, -0.2) is 12.5 Å². The molecule has 0 spiro atoms. The van der Waals surface area contributed by atoms with Gasteiger partial charge in [0, 0.05) is 54.3 Å². The number of aryl methyl sites for hydroxylation is 2. The highest BCUT2D eigenvalue weighted by Gasteiger charge is 2.08. The Morgan fingerprint density at radius 3 is 1.18 bits per heavy atom. The zero-order chi connectivity index (χ0) is 47.8. The van der Waals surface area contributed by atoms with Crippen molar-refractivity contribution in [2.45, 2.75) is 201 Å². The Morgan fingerprint density at radius 1 is 0.403 bits per heavy atom. The van der Waals surface area contributed by atoms with Gasteiger partial charge < -0.3 is 5.32 Å². The summed E-state index contributed by atoms with van der Waals surface area (Å²) in [4.78, 5) is 13.5. The van der Waals surface area contributed by atoms with Crippen molar-refractivity contribution in [3.8, 4) is 71.0 Å². The Balaban J connectivity index is 1.62. The van der Waals surface area contributed by atoms with Crippen LogP contribution in [0.25, 0.3) is 0 Å². The van der Waals surface area contributed by atoms with Gasteiger partial charge in [-0.2, -0.15) is 0 Å². The van der Waals surface area contributed by atoms with E-state index in [2.05, 4.69) is 179 Å². The van der Waals surface area contributed by atoms with Crippen LogP contribution in [0.5, 0.6) is 0 Å². The lowest BCUT2D eigenvalue weighted by molar-refractivity contribution is 0.0953. The second-order valence-electron chi connectivity index (χ2n) is 17.8. The Kier molecular flexibility index (Phi) is 33.2. The number of amides is 1. The van der Waals surface area contributed by atoms with Crippen LogP contribution in [0.15, 0.2) is 54.6 Å². The third-order valence-corrected chi connectivity index (χ3v) is 12.9. The minimum atomic E-state index is -0.152. The van der Waals surface area contributed by atoms with Crippen molar-refractivity contribution in [2.75, 3.05) is 6.54 Å². The molecule has 3 aromatic rings. The predicted octanol–water partition coefficient (Wildman–Crippen LogP) is 16.7. The van der Waals surface area contributed by atoms with E-state index in [4.69, 9.17) is 0 Å². The number of unbranched alkanes of at least 4 members (excludes halogenated alkanes) is 22. The van der Waals surface area contributed by atoms with Crippen LogP contribution in [0.1, 0.15) is 231 Å². The topological polar surface area (TPSA) is 29.1 Å². The number of nitrogens with one attached hydrogen (secondary N) is 1. The van der Waals surface area contributed by atoms with Crippen LogP contribution in [0.2, 0.25) is 0 Å². The Morgan fingerprint density at radius 2 is 0.761 bits per heavy atom. The summed E-state index contributed by atoms with van der Waals surface area (Å²) in [7, 11) is 0. The molecule has 0 aliphatic carbocycles. The van der Waals surface area contributed by atoms with Crippen molar-refractivity contribution >= 4 is 51.1 Å². The minimum absolute atomic E-state index is 0.152. The van der Waals surface area contributed by atoms with Crippen molar-refractivity contribution < 1.29 is 4.79 Å². The molecular formula is C63H77I2NO. The highest BCUT2D eigenvalue weighted by Crippen LogP contribution is 2.18. The molecule has 354 valence electrons. The van der Waals surface area contributed by atoms with E-state index < -0.39 is 0 Å². The lowest BCUT2D eigenvalue weighted by Crippen LogP contribution is -2.24. The molecule has 4 heteroatoms. The average Bonchev–Trinajstić information content (AvgIpc) is 3.32. The van der Waals surface area contributed by atoms with Gasteiger partial charge >= 0.3 is 0 Å². The summed E-state index contributed by atoms with van der Waals surface area (Å²) >= 11 is 4.75. The van der Waals surface area contributed by atoms with Gasteiger partial charge in [0.1, 0.15) is 0 Å². The molecule has 3 aromatic carbocycles. The molecule has 0 saturated carbocycles. The first kappa shape index (κ1) is 57.3. The van der Waals surface area contributed by atoms with E-state index in [1.54, 1.807) is 0 Å². The number of carbonyl (C=O) groups is 1. The van der Waals surface area contributed by atoms with Crippen molar-refractivity contribution in [1.29, 1.82) is 0 Å². The van der Waals surface area contributed by atoms with Crippen molar-refractivity contribution in [1.82, 2.24) is 5.32 Å². The number of benzene rings is 3. The molecular weight excluding hydrogens is 1040 g/mol. The van der Waals surface area contributed by atoms with Gasteiger partial charge in [-0.3, -0.25) is 4.79 Å². The Hall–Kier alpha value is -4.05. The second-order valence-corrected chi connectivity index (χ2v) is 20.3. The van der Waals surface area contributed by atoms with Gasteiger partial charge in [-0.05, 0) is 191 Å². The SMILES string of the molecule is CCCCCCCCCCCCC#CC#CCCCCNC(=O)c1cc(C#CC#Cc2cc(I)cc(CCCCCCCC)c2)cc(C#CC#Cc2cc(I)cc(CCCCCCCC)c2)c1. The van der Waals surface area contributed by atoms with Crippen molar-refractivity contribution in [3.05, 3.63) is 101 Å². The molecule has 3 rings (SSSR count). The lowest BCUT2D eigenvalue weighted by Gasteiger charge is -2.06. The number of hydrogen-bond donors (Lipinski definition) is 1. The van der Waals surface area contributed by atoms with E-state index in [9.17, 15) is 4.79 Å². The molecule has 0 bridgehead atoms. The summed E-state index contributed by atoms with van der Waals surface area (Å²) in [5.74, 6) is 37.4. The van der Waals surface area contributed by atoms with E-state index in [1.165, 1.54) is 153 Å². The molecule has 1 N–H and O–H groups in total. The zero-order valence-corrected chi connectivity index (χ0v) is 45.7. The van der Waals surface area contributed by atoms with E-state index in [1.807, 2.05) is 18.2 Å². The summed E-state index contributed by atoms with van der Waals surface area (Å²) in [5, 5.41) is 3.09. The fourth-order valence-corrected chi connectivity index (χ4v) is 9.30. The molecule has 1 amide bonds. The van der Waals surface area contributed by atoms with Crippen LogP contribution in [-0.2, 0) is 12.8 Å². The molecule has 0 aliphatic heterocycles. The maximum atomic E-state index is 13.5. The number of halogens is 2. The Labute approximate surface area is 436 Å². The third-order valence-electron chi connectivity index (χ3n) is 11.6. The van der Waals surface area contributed by atoms with E-state index in [0.717, 1.165) is 56.1 Å². The van der Waals surface area contributed by atoms with Crippen LogP contribution in [0.4, 0.5) is 0 Å². The van der Waals surface area contributed by atoms with Gasteiger partial charge in [-0.1, -0.05) is 178 Å². The van der Waals surface area contributed by atoms with Crippen LogP contribution in [0.3, 0.4) is 0 Å². The summed E-state index contributed by atoms with van der Waals surface area (Å²) in [6.07, 6.45) is 34.3. The highest BCUT2D eigenvalue weighted by atomic mass is 127. The summed E-state index contributed by atoms with van der Waals surface area (Å²) < 4.78 is 2.37. The molecule has 0 aliphatic rings. The lowest BCUT2D eigenvalue weighted by atomic mass is 10.0. The quantitative estimate of drug-likeness (QED) is 0.0419. The maximum absolute atomic E-state index is 13.5. The molecule has 0 atom stereocenters. The first-order valence-electron chi connectivity index (χ1n) is 25.9. The summed E-state index contributed by atoms with van der Waals surface area (Å²) in [5.41, 5.74) is 6.49. The number of rotatable bonds is 29. The van der Waals surface area contributed by atoms with E-state index >= 15 is 0 Å². The smallest absolute Gasteiger partial charge is 0.251 e. The standard InChI is InChI=1S/C63H77I2NO/c1-4-7-10-13-16-17-18-19-20-21-22-23-24-25-26-27-30-37-44-66-63(67)60-48-54(40-33-35-42-58-46-56(50-61(64)52-58)38-31-28-14-11-8-5-2)45-55(49-60)41-34-36-43-59-47-57(51-62(65)53-59)39-32-29-15-12-9-6-3/h45-53H,4-22,27-32,37-39,44H2,1-3H3,(H,66,67). The van der Waals surface area contributed by atoms with Gasteiger partial charge in [0.05, 0.1) is 0 Å². The van der Waals surface area contributed by atoms with Crippen LogP contribution >= 0.6 is 45.2 Å². The normalized spacial score (nSPS) is 10.0. The fraction of sp³-hybridized carbons (Fsp3) is 0.508. The molecule has 0 aromatic heterocycles. The monoisotopic (exact) mass is 1120 g/mol. The fourth-order valence-electron chi connectivity index (χ4n) is 7.83. The molecule has 0 saturated heterocycles. The van der Waals surface area contributed by atoms with E-state index in [-0.39, 0.29) is 5.91 Å². The molecule has 0 radical (unpaired) electrons. The third kappa shape index (κ3) is 29.4. The summed E-state index contributed by atoms with van der Waals surface area (Å²) in [6, 6.07) is 18.7. The largest absolute Gasteiger partial charge is 0.352 e. The van der Waals surface area contributed by atoms with E-state index in [0.29, 0.717) is 23.2 Å². The molecule has 67 heavy (non-hydrogen) atoms. The summed E-state index contributed by atoms with van der Waals surface area (Å²) in [6.45, 7) is 7.35. The van der Waals surface area contributed by atoms with Crippen LogP contribution in [0, 0.1) is 78.2 Å². The molecule has 2 nitrogen and oxygen atoms in total. The zero-order valence-electron chi connectivity index (χ0n) is 41.4. The van der Waals surface area contributed by atoms with Gasteiger partial charge in [0.2, 0.25) is 0 Å². The van der Waals surface area contributed by atoms with Gasteiger partial charge in [-0.25, -0.2) is 0 Å². The average molecular weight is 1120 g/mol. The number of carbonyl (C=O) groups excluding carboxylic acids is 1. The highest BCUT2D eigenvalue weighted by molar-refractivity contribution is 14.1. The predicted molar refractivity (Wildman–Crippen MR) is 305 cm³/mol. The second kappa shape index (κ2) is 38.9. The maximum Gasteiger partial charge on any atom is 0.251 e. The first-order valence-corrected chi connectivity index (χ1v) is 28.1. The minimum Gasteiger partial charge on any atom is -0.352 e. The molecule has 0 heterocycles. The van der Waals surface area contributed by atoms with Crippen molar-refractivity contribution in [2.24, 2.45) is 0 Å². The van der Waals surface area contributed by atoms with Gasteiger partial charge in [0.25, 0.3) is 5.91 Å². The van der Waals surface area contributed by atoms with Crippen molar-refractivity contribution in [3.63, 3.8) is 0 Å². The number of hydrogen-bond acceptors (Lipinski definition) is 1. The Bertz CT molecular complexity index is 2180. The molecule has 0 unspecified atom stereocenters. The van der Waals surface area contributed by atoms with Gasteiger partial charge in [-0.15, -0.1) is 0 Å². The van der Waals surface area contributed by atoms with Gasteiger partial charge in [0.15, 0.2) is 0 Å². The molecule has 0 fully saturated rings. The van der Waals surface area contributed by atoms with Crippen LogP contribution < -0.4 is 5.32 Å².